The van der Waals surface area contributed by atoms with Gasteiger partial charge in [-0.2, -0.15) is 5.10 Å². The lowest BCUT2D eigenvalue weighted by molar-refractivity contribution is 0.0940. The molecule has 7 heteroatoms. The van der Waals surface area contributed by atoms with E-state index in [1.54, 1.807) is 25.3 Å². The maximum atomic E-state index is 11.7. The van der Waals surface area contributed by atoms with E-state index in [0.29, 0.717) is 10.8 Å². The highest BCUT2D eigenvalue weighted by Gasteiger charge is 2.12. The Balaban J connectivity index is 2.09. The van der Waals surface area contributed by atoms with E-state index in [4.69, 9.17) is 16.3 Å². The molecule has 0 spiro atoms. The molecule has 0 aliphatic carbocycles. The van der Waals surface area contributed by atoms with Crippen LogP contribution in [0.3, 0.4) is 0 Å². The van der Waals surface area contributed by atoms with Crippen molar-refractivity contribution in [3.8, 4) is 5.75 Å². The third-order valence-corrected chi connectivity index (χ3v) is 2.71. The number of nitrogens with zero attached hydrogens (tertiary/aromatic N) is 2. The standard InChI is InChI=1S/C11H11ClN4O2/c1-18-9-4-2-3-8(12)7(9)5-13-11(17)10-14-6-15-16-10/h2-4,6H,5H2,1H3,(H,13,17)(H,14,15,16). The lowest BCUT2D eigenvalue weighted by Gasteiger charge is -2.10. The van der Waals surface area contributed by atoms with Crippen LogP contribution >= 0.6 is 11.6 Å². The van der Waals surface area contributed by atoms with Crippen LogP contribution < -0.4 is 10.1 Å². The number of carbonyl (C=O) groups excluding carboxylic acids is 1. The molecule has 0 atom stereocenters. The van der Waals surface area contributed by atoms with E-state index >= 15 is 0 Å². The van der Waals surface area contributed by atoms with Gasteiger partial charge in [-0.15, -0.1) is 0 Å². The molecular formula is C11H11ClN4O2. The molecule has 2 aromatic rings. The molecule has 0 saturated carbocycles. The quantitative estimate of drug-likeness (QED) is 0.877. The fraction of sp³-hybridized carbons (Fsp3) is 0.182. The van der Waals surface area contributed by atoms with Crippen LogP contribution in [0.1, 0.15) is 16.2 Å². The third-order valence-electron chi connectivity index (χ3n) is 2.35. The zero-order chi connectivity index (χ0) is 13.0. The molecule has 0 radical (unpaired) electrons. The lowest BCUT2D eigenvalue weighted by Crippen LogP contribution is -2.24. The Labute approximate surface area is 108 Å². The van der Waals surface area contributed by atoms with Crippen molar-refractivity contribution in [3.63, 3.8) is 0 Å². The fourth-order valence-corrected chi connectivity index (χ4v) is 1.70. The molecule has 2 N–H and O–H groups in total. The maximum Gasteiger partial charge on any atom is 0.288 e. The summed E-state index contributed by atoms with van der Waals surface area (Å²) in [7, 11) is 1.55. The van der Waals surface area contributed by atoms with Crippen LogP contribution in [0.5, 0.6) is 5.75 Å². The van der Waals surface area contributed by atoms with E-state index in [1.165, 1.54) is 6.33 Å². The summed E-state index contributed by atoms with van der Waals surface area (Å²) in [5.74, 6) is 0.427. The molecule has 1 aromatic heterocycles. The molecule has 0 aliphatic rings. The maximum absolute atomic E-state index is 11.7. The van der Waals surface area contributed by atoms with Gasteiger partial charge in [0.15, 0.2) is 0 Å². The van der Waals surface area contributed by atoms with Gasteiger partial charge in [0, 0.05) is 17.1 Å². The van der Waals surface area contributed by atoms with Gasteiger partial charge < -0.3 is 10.1 Å². The molecule has 0 unspecified atom stereocenters. The smallest absolute Gasteiger partial charge is 0.288 e. The normalized spacial score (nSPS) is 10.1. The average Bonchev–Trinajstić information content (AvgIpc) is 2.90. The Bertz CT molecular complexity index is 542. The van der Waals surface area contributed by atoms with Crippen molar-refractivity contribution in [2.24, 2.45) is 0 Å². The highest BCUT2D eigenvalue weighted by molar-refractivity contribution is 6.31. The van der Waals surface area contributed by atoms with Gasteiger partial charge in [0.1, 0.15) is 12.1 Å². The lowest BCUT2D eigenvalue weighted by atomic mass is 10.2. The van der Waals surface area contributed by atoms with Gasteiger partial charge in [0.2, 0.25) is 5.82 Å². The first kappa shape index (κ1) is 12.4. The van der Waals surface area contributed by atoms with Crippen LogP contribution in [-0.2, 0) is 6.54 Å². The number of amides is 1. The van der Waals surface area contributed by atoms with Crippen molar-refractivity contribution >= 4 is 17.5 Å². The first-order valence-electron chi connectivity index (χ1n) is 5.17. The van der Waals surface area contributed by atoms with Crippen LogP contribution in [0.25, 0.3) is 0 Å². The summed E-state index contributed by atoms with van der Waals surface area (Å²) in [6.45, 7) is 0.252. The summed E-state index contributed by atoms with van der Waals surface area (Å²) in [5.41, 5.74) is 0.717. The highest BCUT2D eigenvalue weighted by Crippen LogP contribution is 2.25. The minimum atomic E-state index is -0.352. The van der Waals surface area contributed by atoms with Gasteiger partial charge in [-0.3, -0.25) is 9.89 Å². The van der Waals surface area contributed by atoms with Crippen molar-refractivity contribution in [2.45, 2.75) is 6.54 Å². The highest BCUT2D eigenvalue weighted by atomic mass is 35.5. The number of carbonyl (C=O) groups is 1. The number of halogens is 1. The number of H-pyrrole nitrogens is 1. The van der Waals surface area contributed by atoms with E-state index in [0.717, 1.165) is 5.56 Å². The number of hydrogen-bond acceptors (Lipinski definition) is 4. The monoisotopic (exact) mass is 266 g/mol. The first-order chi connectivity index (χ1) is 8.72. The molecule has 0 bridgehead atoms. The summed E-state index contributed by atoms with van der Waals surface area (Å²) in [6, 6.07) is 5.30. The van der Waals surface area contributed by atoms with Crippen molar-refractivity contribution < 1.29 is 9.53 Å². The summed E-state index contributed by atoms with van der Waals surface area (Å²) in [6.07, 6.45) is 1.27. The molecule has 2 rings (SSSR count). The second kappa shape index (κ2) is 5.50. The van der Waals surface area contributed by atoms with Crippen molar-refractivity contribution in [1.82, 2.24) is 20.5 Å². The van der Waals surface area contributed by atoms with E-state index in [2.05, 4.69) is 20.5 Å². The summed E-state index contributed by atoms with van der Waals surface area (Å²) in [4.78, 5) is 15.4. The van der Waals surface area contributed by atoms with Crippen LogP contribution in [0.2, 0.25) is 5.02 Å². The number of ether oxygens (including phenoxy) is 1. The zero-order valence-corrected chi connectivity index (χ0v) is 10.4. The molecule has 0 fully saturated rings. The van der Waals surface area contributed by atoms with Gasteiger partial charge in [0.05, 0.1) is 7.11 Å². The number of hydrogen-bond donors (Lipinski definition) is 2. The summed E-state index contributed by atoms with van der Waals surface area (Å²) >= 11 is 6.05. The van der Waals surface area contributed by atoms with Crippen LogP contribution in [0.4, 0.5) is 0 Å². The molecule has 1 heterocycles. The number of methoxy groups -OCH3 is 1. The van der Waals surface area contributed by atoms with Gasteiger partial charge in [-0.25, -0.2) is 4.98 Å². The largest absolute Gasteiger partial charge is 0.496 e. The molecule has 0 saturated heterocycles. The summed E-state index contributed by atoms with van der Waals surface area (Å²) < 4.78 is 5.18. The van der Waals surface area contributed by atoms with Gasteiger partial charge in [-0.1, -0.05) is 17.7 Å². The molecule has 1 aromatic carbocycles. The van der Waals surface area contributed by atoms with E-state index < -0.39 is 0 Å². The van der Waals surface area contributed by atoms with E-state index in [9.17, 15) is 4.79 Å². The van der Waals surface area contributed by atoms with Gasteiger partial charge in [-0.05, 0) is 12.1 Å². The minimum Gasteiger partial charge on any atom is -0.496 e. The topological polar surface area (TPSA) is 79.9 Å². The number of rotatable bonds is 4. The number of benzene rings is 1. The molecular weight excluding hydrogens is 256 g/mol. The first-order valence-corrected chi connectivity index (χ1v) is 5.55. The Hall–Kier alpha value is -2.08. The molecule has 0 aliphatic heterocycles. The predicted octanol–water partition coefficient (Wildman–Crippen LogP) is 1.40. The Morgan fingerprint density at radius 2 is 2.39 bits per heavy atom. The van der Waals surface area contributed by atoms with Gasteiger partial charge >= 0.3 is 0 Å². The van der Waals surface area contributed by atoms with Crippen molar-refractivity contribution in [1.29, 1.82) is 0 Å². The molecule has 1 amide bonds. The minimum absolute atomic E-state index is 0.154. The fourth-order valence-electron chi connectivity index (χ4n) is 1.47. The van der Waals surface area contributed by atoms with Crippen LogP contribution in [0.15, 0.2) is 24.5 Å². The van der Waals surface area contributed by atoms with Crippen LogP contribution in [-0.4, -0.2) is 28.2 Å². The molecule has 94 valence electrons. The zero-order valence-electron chi connectivity index (χ0n) is 9.61. The Morgan fingerprint density at radius 3 is 3.06 bits per heavy atom. The number of aromatic nitrogens is 3. The van der Waals surface area contributed by atoms with Crippen molar-refractivity contribution in [2.75, 3.05) is 7.11 Å². The second-order valence-electron chi connectivity index (χ2n) is 3.44. The summed E-state index contributed by atoms with van der Waals surface area (Å²) in [5, 5.41) is 9.30. The van der Waals surface area contributed by atoms with E-state index in [1.807, 2.05) is 0 Å². The second-order valence-corrected chi connectivity index (χ2v) is 3.84. The predicted molar refractivity (Wildman–Crippen MR) is 65.6 cm³/mol. The Kier molecular flexibility index (Phi) is 3.78. The third kappa shape index (κ3) is 2.60. The number of nitrogens with one attached hydrogen (secondary N) is 2. The SMILES string of the molecule is COc1cccc(Cl)c1CNC(=O)c1ncn[nH]1. The van der Waals surface area contributed by atoms with Crippen LogP contribution in [0, 0.1) is 0 Å². The van der Waals surface area contributed by atoms with Gasteiger partial charge in [0.25, 0.3) is 5.91 Å². The Morgan fingerprint density at radius 1 is 1.56 bits per heavy atom. The van der Waals surface area contributed by atoms with Crippen molar-refractivity contribution in [3.05, 3.63) is 40.9 Å². The molecule has 18 heavy (non-hydrogen) atoms. The van der Waals surface area contributed by atoms with E-state index in [-0.39, 0.29) is 18.3 Å². The average molecular weight is 267 g/mol. The molecule has 6 nitrogen and oxygen atoms in total. The number of aromatic amines is 1.